The zero-order valence-corrected chi connectivity index (χ0v) is 27.7. The van der Waals surface area contributed by atoms with Crippen LogP contribution in [0.15, 0.2) is 187 Å². The van der Waals surface area contributed by atoms with Crippen LogP contribution in [0, 0.1) is 4.81 Å². The third-order valence-corrected chi connectivity index (χ3v) is 11.0. The highest BCUT2D eigenvalue weighted by Gasteiger charge is 2.40. The third kappa shape index (κ3) is 5.05. The summed E-state index contributed by atoms with van der Waals surface area (Å²) in [5.74, 6) is 2.02. The minimum absolute atomic E-state index is 0.413. The van der Waals surface area contributed by atoms with Crippen molar-refractivity contribution < 1.29 is 0 Å². The Bertz CT molecular complexity index is 2470. The number of allylic oxidation sites excluding steroid dienone is 4. The van der Waals surface area contributed by atoms with E-state index in [1.807, 2.05) is 24.3 Å². The predicted molar refractivity (Wildman–Crippen MR) is 200 cm³/mol. The summed E-state index contributed by atoms with van der Waals surface area (Å²) in [4.78, 5) is 16.6. The fourth-order valence-corrected chi connectivity index (χ4v) is 8.76. The highest BCUT2D eigenvalue weighted by molar-refractivity contribution is 6.46. The van der Waals surface area contributed by atoms with E-state index in [1.165, 1.54) is 37.5 Å². The second kappa shape index (κ2) is 12.2. The Morgan fingerprint density at radius 1 is 0.429 bits per heavy atom. The molecule has 0 fully saturated rings. The monoisotopic (exact) mass is 640 g/mol. The summed E-state index contributed by atoms with van der Waals surface area (Å²) in [7, 11) is 0.471. The quantitative estimate of drug-likeness (QED) is 0.170. The molecule has 1 radical (unpaired) electrons. The van der Waals surface area contributed by atoms with Crippen molar-refractivity contribution in [3.05, 3.63) is 208 Å². The van der Waals surface area contributed by atoms with E-state index < -0.39 is 5.41 Å². The number of hydrogen-bond donors (Lipinski definition) is 0. The van der Waals surface area contributed by atoms with E-state index >= 15 is 0 Å². The Balaban J connectivity index is 1.26. The minimum atomic E-state index is -0.413. The maximum Gasteiger partial charge on any atom is 0.164 e. The first-order chi connectivity index (χ1) is 24.3. The van der Waals surface area contributed by atoms with Gasteiger partial charge in [-0.15, -0.1) is 0 Å². The molecule has 9 rings (SSSR count). The zero-order chi connectivity index (χ0) is 32.6. The molecule has 0 unspecified atom stereocenters. The van der Waals surface area contributed by atoms with E-state index in [1.54, 1.807) is 0 Å². The lowest BCUT2D eigenvalue weighted by atomic mass is 9.66. The fourth-order valence-electron chi connectivity index (χ4n) is 7.18. The van der Waals surface area contributed by atoms with Crippen LogP contribution in [0.25, 0.3) is 50.9 Å². The average Bonchev–Trinajstić information content (AvgIpc) is 3.59. The number of hydrogen-bond acceptors (Lipinski definition) is 3. The highest BCUT2D eigenvalue weighted by atomic mass is 28.2. The molecule has 1 aromatic heterocycles. The summed E-state index contributed by atoms with van der Waals surface area (Å²) in [5, 5.41) is 2.61. The topological polar surface area (TPSA) is 38.7 Å². The molecule has 0 spiro atoms. The first-order valence-corrected chi connectivity index (χ1v) is 17.5. The van der Waals surface area contributed by atoms with Crippen LogP contribution in [0.5, 0.6) is 0 Å². The molecule has 0 N–H and O–H groups in total. The Morgan fingerprint density at radius 3 is 1.53 bits per heavy atom. The number of benzene rings is 6. The maximum absolute atomic E-state index is 5.19. The molecule has 1 aliphatic heterocycles. The van der Waals surface area contributed by atoms with Crippen molar-refractivity contribution in [3.63, 3.8) is 0 Å². The molecule has 1 aliphatic carbocycles. The lowest BCUT2D eigenvalue weighted by molar-refractivity contribution is 0.831. The molecule has 3 nitrogen and oxygen atoms in total. The minimum Gasteiger partial charge on any atom is -0.208 e. The van der Waals surface area contributed by atoms with Gasteiger partial charge >= 0.3 is 0 Å². The van der Waals surface area contributed by atoms with Crippen molar-refractivity contribution in [1.82, 2.24) is 15.0 Å². The first kappa shape index (κ1) is 29.1. The van der Waals surface area contributed by atoms with Gasteiger partial charge in [-0.25, -0.2) is 15.0 Å². The van der Waals surface area contributed by atoms with Crippen molar-refractivity contribution in [2.45, 2.75) is 5.41 Å². The van der Waals surface area contributed by atoms with E-state index in [-0.39, 0.29) is 0 Å². The summed E-state index contributed by atoms with van der Waals surface area (Å²) in [6.07, 6.45) is 6.91. The fraction of sp³-hybridized carbons (Fsp3) is 0.0222. The van der Waals surface area contributed by atoms with Crippen molar-refractivity contribution in [2.24, 2.45) is 0 Å². The van der Waals surface area contributed by atoms with Gasteiger partial charge in [0.05, 0.1) is 14.5 Å². The molecule has 6 aromatic carbocycles. The lowest BCUT2D eigenvalue weighted by Crippen LogP contribution is -2.32. The molecule has 229 valence electrons. The Hall–Kier alpha value is -6.10. The van der Waals surface area contributed by atoms with Crippen LogP contribution in [-0.4, -0.2) is 24.1 Å². The molecule has 49 heavy (non-hydrogen) atoms. The molecule has 4 heteroatoms. The second-order valence-corrected chi connectivity index (χ2v) is 13.6. The van der Waals surface area contributed by atoms with E-state index in [4.69, 9.17) is 15.0 Å². The Kier molecular flexibility index (Phi) is 7.22. The van der Waals surface area contributed by atoms with Crippen molar-refractivity contribution in [3.8, 4) is 45.3 Å². The van der Waals surface area contributed by atoms with E-state index in [9.17, 15) is 0 Å². The van der Waals surface area contributed by atoms with Gasteiger partial charge < -0.3 is 0 Å². The Morgan fingerprint density at radius 2 is 0.918 bits per heavy atom. The SMILES string of the molecule is C1=CC(c2ccccc2)(c2ccccc2)C2=c3cccc(-c4nc(-c5ccccc5)nc(-c5ccc(-c6ccccc6)cc5)n4)c3=[Si]C2=C1. The molecule has 0 saturated carbocycles. The standard InChI is InChI=1S/C45H30N3Si/c1-5-15-31(16-6-1)32-26-28-34(29-27-32)43-46-42(33-17-7-2-8-18-33)47-44(48-43)38-24-13-23-37-40-39(49-41(37)38)25-14-30-45(40,35-19-9-3-10-20-35)36-21-11-4-12-22-36/h1-30H. The predicted octanol–water partition coefficient (Wildman–Crippen LogP) is 9.10. The number of fused-ring (bicyclic) bond motifs is 2. The van der Waals surface area contributed by atoms with Crippen molar-refractivity contribution in [2.75, 3.05) is 0 Å². The summed E-state index contributed by atoms with van der Waals surface area (Å²) in [5.41, 5.74) is 8.76. The molecular weight excluding hydrogens is 611 g/mol. The van der Waals surface area contributed by atoms with Gasteiger partial charge in [0, 0.05) is 16.7 Å². The maximum atomic E-state index is 5.19. The van der Waals surface area contributed by atoms with Gasteiger partial charge in [-0.2, -0.15) is 0 Å². The van der Waals surface area contributed by atoms with Crippen LogP contribution in [0.2, 0.25) is 0 Å². The lowest BCUT2D eigenvalue weighted by Gasteiger charge is -2.37. The van der Waals surface area contributed by atoms with Gasteiger partial charge in [-0.1, -0.05) is 182 Å². The molecule has 0 bridgehead atoms. The number of rotatable bonds is 6. The molecule has 7 aromatic rings. The smallest absolute Gasteiger partial charge is 0.164 e. The third-order valence-electron chi connectivity index (χ3n) is 9.48. The Labute approximate surface area is 287 Å². The molecular formula is C45H30N3Si. The van der Waals surface area contributed by atoms with Crippen molar-refractivity contribution in [1.29, 1.82) is 0 Å². The summed E-state index contributed by atoms with van der Waals surface area (Å²) in [6.45, 7) is 0. The number of nitrogens with zero attached hydrogens (tertiary/aromatic N) is 3. The van der Waals surface area contributed by atoms with E-state index in [2.05, 4.69) is 158 Å². The summed E-state index contributed by atoms with van der Waals surface area (Å²) < 4.78 is 0. The molecule has 2 aliphatic rings. The largest absolute Gasteiger partial charge is 0.208 e. The van der Waals surface area contributed by atoms with Gasteiger partial charge in [0.15, 0.2) is 17.5 Å². The van der Waals surface area contributed by atoms with Crippen molar-refractivity contribution >= 4 is 14.7 Å². The summed E-state index contributed by atoms with van der Waals surface area (Å²) in [6, 6.07) is 57.6. The van der Waals surface area contributed by atoms with Gasteiger partial charge in [0.25, 0.3) is 0 Å². The van der Waals surface area contributed by atoms with E-state index in [0.717, 1.165) is 22.3 Å². The van der Waals surface area contributed by atoms with Gasteiger partial charge in [0.2, 0.25) is 0 Å². The van der Waals surface area contributed by atoms with E-state index in [0.29, 0.717) is 26.6 Å². The molecule has 2 heterocycles. The second-order valence-electron chi connectivity index (χ2n) is 12.3. The average molecular weight is 641 g/mol. The van der Waals surface area contributed by atoms with Crippen LogP contribution in [0.1, 0.15) is 11.1 Å². The van der Waals surface area contributed by atoms with Crippen LogP contribution in [0.3, 0.4) is 0 Å². The highest BCUT2D eigenvalue weighted by Crippen LogP contribution is 2.47. The van der Waals surface area contributed by atoms with Gasteiger partial charge in [-0.3, -0.25) is 0 Å². The summed E-state index contributed by atoms with van der Waals surface area (Å²) >= 11 is 0. The van der Waals surface area contributed by atoms with Gasteiger partial charge in [-0.05, 0) is 43.1 Å². The van der Waals surface area contributed by atoms with Crippen LogP contribution < -0.4 is 5.22 Å². The zero-order valence-electron chi connectivity index (χ0n) is 26.7. The molecule has 0 atom stereocenters. The first-order valence-electron chi connectivity index (χ1n) is 16.5. The van der Waals surface area contributed by atoms with Crippen LogP contribution in [-0.2, 0) is 5.41 Å². The molecule has 0 amide bonds. The number of aromatic nitrogens is 3. The molecule has 0 saturated heterocycles. The van der Waals surface area contributed by atoms with Crippen LogP contribution >= 0.6 is 0 Å². The normalized spacial score (nSPS) is 14.0. The van der Waals surface area contributed by atoms with Gasteiger partial charge in [0.1, 0.15) is 0 Å². The van der Waals surface area contributed by atoms with Crippen LogP contribution in [0.4, 0.5) is 0 Å².